The third-order valence-electron chi connectivity index (χ3n) is 3.08. The summed E-state index contributed by atoms with van der Waals surface area (Å²) in [5.41, 5.74) is 1.68. The van der Waals surface area contributed by atoms with Gasteiger partial charge in [0.2, 0.25) is 0 Å². The molecule has 3 heterocycles. The highest BCUT2D eigenvalue weighted by Gasteiger charge is 2.23. The van der Waals surface area contributed by atoms with E-state index in [1.165, 1.54) is 11.3 Å². The molecule has 19 heavy (non-hydrogen) atoms. The lowest BCUT2D eigenvalue weighted by molar-refractivity contribution is 0.0751. The first-order valence-electron chi connectivity index (χ1n) is 6.03. The van der Waals surface area contributed by atoms with E-state index < -0.39 is 0 Å². The molecular weight excluding hydrogens is 262 g/mol. The van der Waals surface area contributed by atoms with Crippen LogP contribution in [0.4, 0.5) is 5.82 Å². The number of anilines is 1. The van der Waals surface area contributed by atoms with Gasteiger partial charge in [0.15, 0.2) is 0 Å². The van der Waals surface area contributed by atoms with E-state index in [0.29, 0.717) is 18.0 Å². The first kappa shape index (κ1) is 12.0. The second-order valence-corrected chi connectivity index (χ2v) is 5.09. The van der Waals surface area contributed by atoms with Gasteiger partial charge in [-0.3, -0.25) is 14.8 Å². The Kier molecular flexibility index (Phi) is 3.37. The summed E-state index contributed by atoms with van der Waals surface area (Å²) in [5, 5.41) is 0. The molecule has 7 heteroatoms. The van der Waals surface area contributed by atoms with Gasteiger partial charge in [-0.2, -0.15) is 0 Å². The summed E-state index contributed by atoms with van der Waals surface area (Å²) in [6.45, 7) is 2.97. The molecule has 0 saturated carbocycles. The fourth-order valence-corrected chi connectivity index (χ4v) is 2.66. The van der Waals surface area contributed by atoms with Gasteiger partial charge in [-0.25, -0.2) is 4.98 Å². The zero-order valence-corrected chi connectivity index (χ0v) is 11.1. The molecule has 0 spiro atoms. The lowest BCUT2D eigenvalue weighted by Crippen LogP contribution is -2.48. The van der Waals surface area contributed by atoms with Crippen molar-refractivity contribution in [2.24, 2.45) is 0 Å². The molecule has 0 unspecified atom stereocenters. The minimum absolute atomic E-state index is 0.0706. The summed E-state index contributed by atoms with van der Waals surface area (Å²) in [6, 6.07) is 0. The molecule has 2 aromatic rings. The largest absolute Gasteiger partial charge is 0.352 e. The highest BCUT2D eigenvalue weighted by molar-refractivity contribution is 7.11. The monoisotopic (exact) mass is 275 g/mol. The normalized spacial score (nSPS) is 15.6. The van der Waals surface area contributed by atoms with Crippen LogP contribution in [0.15, 0.2) is 30.3 Å². The average Bonchev–Trinajstić information content (AvgIpc) is 3.02. The fraction of sp³-hybridized carbons (Fsp3) is 0.333. The maximum Gasteiger partial charge on any atom is 0.265 e. The van der Waals surface area contributed by atoms with Crippen molar-refractivity contribution in [3.63, 3.8) is 0 Å². The Labute approximate surface area is 114 Å². The molecule has 1 fully saturated rings. The smallest absolute Gasteiger partial charge is 0.265 e. The Bertz CT molecular complexity index is 537. The van der Waals surface area contributed by atoms with Crippen LogP contribution in [0.5, 0.6) is 0 Å². The van der Waals surface area contributed by atoms with Crippen LogP contribution in [-0.2, 0) is 0 Å². The van der Waals surface area contributed by atoms with E-state index in [-0.39, 0.29) is 5.91 Å². The van der Waals surface area contributed by atoms with Gasteiger partial charge in [0.05, 0.1) is 17.9 Å². The van der Waals surface area contributed by atoms with E-state index in [1.807, 2.05) is 4.90 Å². The van der Waals surface area contributed by atoms with E-state index in [0.717, 1.165) is 18.9 Å². The van der Waals surface area contributed by atoms with Crippen LogP contribution in [0, 0.1) is 0 Å². The number of carbonyl (C=O) groups excluding carboxylic acids is 1. The van der Waals surface area contributed by atoms with Gasteiger partial charge in [-0.05, 0) is 0 Å². The van der Waals surface area contributed by atoms with E-state index >= 15 is 0 Å². The van der Waals surface area contributed by atoms with Crippen molar-refractivity contribution < 1.29 is 4.79 Å². The average molecular weight is 275 g/mol. The second-order valence-electron chi connectivity index (χ2n) is 4.21. The van der Waals surface area contributed by atoms with Gasteiger partial charge in [0, 0.05) is 38.6 Å². The molecule has 0 aliphatic carbocycles. The number of piperazine rings is 1. The number of hydrogen-bond donors (Lipinski definition) is 0. The summed E-state index contributed by atoms with van der Waals surface area (Å²) < 4.78 is 0. The lowest BCUT2D eigenvalue weighted by Gasteiger charge is -2.34. The predicted octanol–water partition coefficient (Wildman–Crippen LogP) is 0.895. The molecule has 0 bridgehead atoms. The van der Waals surface area contributed by atoms with Crippen LogP contribution in [-0.4, -0.2) is 51.9 Å². The minimum atomic E-state index is 0.0706. The number of rotatable bonds is 2. The van der Waals surface area contributed by atoms with Crippen LogP contribution in [0.3, 0.4) is 0 Å². The molecule has 0 radical (unpaired) electrons. The van der Waals surface area contributed by atoms with Crippen molar-refractivity contribution in [2.45, 2.75) is 0 Å². The molecular formula is C12H13N5OS. The van der Waals surface area contributed by atoms with Gasteiger partial charge in [0.25, 0.3) is 5.91 Å². The van der Waals surface area contributed by atoms with Crippen LogP contribution in [0.2, 0.25) is 0 Å². The van der Waals surface area contributed by atoms with E-state index in [4.69, 9.17) is 0 Å². The number of aromatic nitrogens is 3. The van der Waals surface area contributed by atoms with Crippen molar-refractivity contribution in [3.05, 3.63) is 35.2 Å². The zero-order valence-electron chi connectivity index (χ0n) is 10.3. The third-order valence-corrected chi connectivity index (χ3v) is 3.84. The van der Waals surface area contributed by atoms with Crippen molar-refractivity contribution in [3.8, 4) is 0 Å². The molecule has 98 valence electrons. The number of thiazole rings is 1. The first-order valence-corrected chi connectivity index (χ1v) is 6.91. The minimum Gasteiger partial charge on any atom is -0.352 e. The highest BCUT2D eigenvalue weighted by atomic mass is 32.1. The van der Waals surface area contributed by atoms with Crippen molar-refractivity contribution >= 4 is 23.1 Å². The standard InChI is InChI=1S/C12H13N5OS/c18-12(10-7-14-9-19-10)17-5-3-16(4-6-17)11-8-13-1-2-15-11/h1-2,7-9H,3-6H2. The molecule has 0 atom stereocenters. The van der Waals surface area contributed by atoms with E-state index in [1.54, 1.807) is 30.3 Å². The molecule has 1 aliphatic rings. The number of amides is 1. The van der Waals surface area contributed by atoms with Gasteiger partial charge >= 0.3 is 0 Å². The topological polar surface area (TPSA) is 62.2 Å². The van der Waals surface area contributed by atoms with E-state index in [2.05, 4.69) is 19.9 Å². The maximum atomic E-state index is 12.2. The van der Waals surface area contributed by atoms with Crippen LogP contribution in [0.25, 0.3) is 0 Å². The number of carbonyl (C=O) groups is 1. The first-order chi connectivity index (χ1) is 9.34. The number of hydrogen-bond acceptors (Lipinski definition) is 6. The van der Waals surface area contributed by atoms with Gasteiger partial charge in [-0.1, -0.05) is 0 Å². The summed E-state index contributed by atoms with van der Waals surface area (Å²) in [7, 11) is 0. The molecule has 3 rings (SSSR count). The van der Waals surface area contributed by atoms with Crippen molar-refractivity contribution in [2.75, 3.05) is 31.1 Å². The Morgan fingerprint density at radius 3 is 2.58 bits per heavy atom. The molecule has 6 nitrogen and oxygen atoms in total. The van der Waals surface area contributed by atoms with Gasteiger partial charge < -0.3 is 9.80 Å². The zero-order chi connectivity index (χ0) is 13.1. The summed E-state index contributed by atoms with van der Waals surface area (Å²) in [5.74, 6) is 0.939. The Morgan fingerprint density at radius 1 is 1.11 bits per heavy atom. The predicted molar refractivity (Wildman–Crippen MR) is 72.3 cm³/mol. The molecule has 1 aliphatic heterocycles. The molecule has 2 aromatic heterocycles. The molecule has 1 saturated heterocycles. The van der Waals surface area contributed by atoms with Gasteiger partial charge in [0.1, 0.15) is 10.7 Å². The Hall–Kier alpha value is -2.02. The summed E-state index contributed by atoms with van der Waals surface area (Å²) in [6.07, 6.45) is 6.72. The van der Waals surface area contributed by atoms with Crippen LogP contribution in [0.1, 0.15) is 9.67 Å². The van der Waals surface area contributed by atoms with Crippen LogP contribution < -0.4 is 4.90 Å². The molecule has 1 amide bonds. The van der Waals surface area contributed by atoms with Crippen LogP contribution >= 0.6 is 11.3 Å². The Morgan fingerprint density at radius 2 is 1.95 bits per heavy atom. The SMILES string of the molecule is O=C(c1cncs1)N1CCN(c2cnccn2)CC1. The van der Waals surface area contributed by atoms with Crippen molar-refractivity contribution in [1.29, 1.82) is 0 Å². The lowest BCUT2D eigenvalue weighted by atomic mass is 10.3. The maximum absolute atomic E-state index is 12.2. The highest BCUT2D eigenvalue weighted by Crippen LogP contribution is 2.15. The van der Waals surface area contributed by atoms with Crippen molar-refractivity contribution in [1.82, 2.24) is 19.9 Å². The van der Waals surface area contributed by atoms with E-state index in [9.17, 15) is 4.79 Å². The Balaban J connectivity index is 1.62. The number of nitrogens with zero attached hydrogens (tertiary/aromatic N) is 5. The third kappa shape index (κ3) is 2.55. The van der Waals surface area contributed by atoms with Gasteiger partial charge in [-0.15, -0.1) is 11.3 Å². The quantitative estimate of drug-likeness (QED) is 0.814. The second kappa shape index (κ2) is 5.31. The summed E-state index contributed by atoms with van der Waals surface area (Å²) in [4.78, 5) is 29.1. The summed E-state index contributed by atoms with van der Waals surface area (Å²) >= 11 is 1.38. The molecule has 0 N–H and O–H groups in total. The fourth-order valence-electron chi connectivity index (χ4n) is 2.07. The molecule has 0 aromatic carbocycles.